The number of ether oxygens (including phenoxy) is 1. The fourth-order valence-corrected chi connectivity index (χ4v) is 2.01. The van der Waals surface area contributed by atoms with Gasteiger partial charge in [-0.05, 0) is 6.07 Å². The third-order valence-electron chi connectivity index (χ3n) is 3.02. The zero-order valence-electron chi connectivity index (χ0n) is 10.1. The molecule has 0 amide bonds. The molecule has 0 aromatic heterocycles. The third kappa shape index (κ3) is 2.82. The lowest BCUT2D eigenvalue weighted by molar-refractivity contribution is -0.138. The van der Waals surface area contributed by atoms with Crippen LogP contribution in [-0.2, 0) is 9.53 Å². The van der Waals surface area contributed by atoms with Gasteiger partial charge in [-0.2, -0.15) is 0 Å². The molecule has 1 unspecified atom stereocenters. The first-order chi connectivity index (χ1) is 9.00. The van der Waals surface area contributed by atoms with Crippen molar-refractivity contribution < 1.29 is 23.4 Å². The molecule has 1 aliphatic rings. The minimum absolute atomic E-state index is 0.0632. The lowest BCUT2D eigenvalue weighted by atomic mass is 10.0. The van der Waals surface area contributed by atoms with Crippen LogP contribution >= 0.6 is 0 Å². The minimum Gasteiger partial charge on any atom is -0.480 e. The van der Waals surface area contributed by atoms with E-state index in [9.17, 15) is 13.6 Å². The number of aliphatic carboxylic acids is 1. The van der Waals surface area contributed by atoms with Gasteiger partial charge in [0, 0.05) is 30.4 Å². The average molecular weight is 272 g/mol. The van der Waals surface area contributed by atoms with Gasteiger partial charge in [0.15, 0.2) is 11.6 Å². The second-order valence-corrected chi connectivity index (χ2v) is 4.24. The summed E-state index contributed by atoms with van der Waals surface area (Å²) in [6.07, 6.45) is 0. The van der Waals surface area contributed by atoms with Crippen molar-refractivity contribution in [2.24, 2.45) is 5.73 Å². The highest BCUT2D eigenvalue weighted by Crippen LogP contribution is 2.29. The van der Waals surface area contributed by atoms with Crippen molar-refractivity contribution in [2.75, 3.05) is 31.2 Å². The van der Waals surface area contributed by atoms with Crippen molar-refractivity contribution in [3.63, 3.8) is 0 Å². The lowest BCUT2D eigenvalue weighted by Crippen LogP contribution is -2.38. The van der Waals surface area contributed by atoms with Crippen LogP contribution in [0.25, 0.3) is 0 Å². The molecule has 0 radical (unpaired) electrons. The van der Waals surface area contributed by atoms with Gasteiger partial charge in [0.25, 0.3) is 0 Å². The van der Waals surface area contributed by atoms with Crippen molar-refractivity contribution in [2.45, 2.75) is 6.04 Å². The summed E-state index contributed by atoms with van der Waals surface area (Å²) in [6, 6.07) is 0.436. The van der Waals surface area contributed by atoms with Crippen LogP contribution < -0.4 is 10.6 Å². The quantitative estimate of drug-likeness (QED) is 0.854. The van der Waals surface area contributed by atoms with Gasteiger partial charge < -0.3 is 20.5 Å². The molecule has 1 heterocycles. The Balaban J connectivity index is 2.44. The number of hydrogen-bond donors (Lipinski definition) is 2. The van der Waals surface area contributed by atoms with Crippen LogP contribution in [0, 0.1) is 11.6 Å². The molecule has 2 rings (SSSR count). The molecule has 1 fully saturated rings. The smallest absolute Gasteiger partial charge is 0.325 e. The van der Waals surface area contributed by atoms with E-state index in [0.29, 0.717) is 32.0 Å². The Labute approximate surface area is 108 Å². The highest BCUT2D eigenvalue weighted by atomic mass is 19.2. The maximum absolute atomic E-state index is 13.4. The Morgan fingerprint density at radius 2 is 1.89 bits per heavy atom. The van der Waals surface area contributed by atoms with E-state index in [4.69, 9.17) is 15.6 Å². The molecule has 5 nitrogen and oxygen atoms in total. The van der Waals surface area contributed by atoms with Crippen molar-refractivity contribution in [1.82, 2.24) is 0 Å². The van der Waals surface area contributed by atoms with Crippen LogP contribution in [0.5, 0.6) is 0 Å². The zero-order valence-corrected chi connectivity index (χ0v) is 10.1. The van der Waals surface area contributed by atoms with E-state index in [1.54, 1.807) is 4.90 Å². The Morgan fingerprint density at radius 3 is 2.47 bits per heavy atom. The fourth-order valence-electron chi connectivity index (χ4n) is 2.01. The predicted molar refractivity (Wildman–Crippen MR) is 64.0 cm³/mol. The molecule has 1 aliphatic heterocycles. The van der Waals surface area contributed by atoms with Gasteiger partial charge in [-0.3, -0.25) is 4.79 Å². The normalized spacial score (nSPS) is 17.3. The van der Waals surface area contributed by atoms with Crippen LogP contribution in [0.4, 0.5) is 14.5 Å². The monoisotopic (exact) mass is 272 g/mol. The Hall–Kier alpha value is -1.73. The maximum Gasteiger partial charge on any atom is 0.325 e. The second kappa shape index (κ2) is 5.50. The summed E-state index contributed by atoms with van der Waals surface area (Å²) in [5.41, 5.74) is 5.88. The Kier molecular flexibility index (Phi) is 3.96. The van der Waals surface area contributed by atoms with Crippen LogP contribution in [0.3, 0.4) is 0 Å². The van der Waals surface area contributed by atoms with Gasteiger partial charge in [0.1, 0.15) is 6.04 Å². The molecule has 1 aromatic carbocycles. The fraction of sp³-hybridized carbons (Fsp3) is 0.417. The molecule has 0 saturated carbocycles. The molecule has 104 valence electrons. The molecular weight excluding hydrogens is 258 g/mol. The predicted octanol–water partition coefficient (Wildman–Crippen LogP) is 0.886. The molecule has 1 aromatic rings. The van der Waals surface area contributed by atoms with Gasteiger partial charge in [-0.25, -0.2) is 8.78 Å². The van der Waals surface area contributed by atoms with E-state index in [1.165, 1.54) is 0 Å². The van der Waals surface area contributed by atoms with Crippen molar-refractivity contribution in [3.05, 3.63) is 29.3 Å². The highest BCUT2D eigenvalue weighted by molar-refractivity contribution is 5.78. The van der Waals surface area contributed by atoms with E-state index in [2.05, 4.69) is 0 Å². The number of carboxylic acids is 1. The number of carboxylic acid groups (broad SMARTS) is 1. The number of rotatable bonds is 3. The number of benzene rings is 1. The molecule has 3 N–H and O–H groups in total. The first kappa shape index (κ1) is 13.7. The van der Waals surface area contributed by atoms with Gasteiger partial charge in [-0.15, -0.1) is 0 Å². The first-order valence-electron chi connectivity index (χ1n) is 5.80. The van der Waals surface area contributed by atoms with Crippen LogP contribution in [0.15, 0.2) is 12.1 Å². The Morgan fingerprint density at radius 1 is 1.32 bits per heavy atom. The number of nitrogens with zero attached hydrogens (tertiary/aromatic N) is 1. The Bertz CT molecular complexity index is 490. The lowest BCUT2D eigenvalue weighted by Gasteiger charge is -2.31. The largest absolute Gasteiger partial charge is 0.480 e. The number of nitrogens with two attached hydrogens (primary N) is 1. The minimum atomic E-state index is -1.40. The highest BCUT2D eigenvalue weighted by Gasteiger charge is 2.24. The molecule has 0 bridgehead atoms. The summed E-state index contributed by atoms with van der Waals surface area (Å²) < 4.78 is 31.8. The number of anilines is 1. The van der Waals surface area contributed by atoms with Gasteiger partial charge >= 0.3 is 5.97 Å². The summed E-state index contributed by atoms with van der Waals surface area (Å²) in [5, 5.41) is 8.93. The maximum atomic E-state index is 13.4. The molecule has 1 saturated heterocycles. The first-order valence-corrected chi connectivity index (χ1v) is 5.80. The van der Waals surface area contributed by atoms with Crippen molar-refractivity contribution in [3.8, 4) is 0 Å². The SMILES string of the molecule is NC(C(=O)O)c1cc(F)c(F)cc1N1CCOCC1. The number of morpholine rings is 1. The molecule has 1 atom stereocenters. The van der Waals surface area contributed by atoms with E-state index < -0.39 is 23.6 Å². The standard InChI is InChI=1S/C12H14F2N2O3/c13-8-5-7(11(15)12(17)18)10(6-9(8)14)16-1-3-19-4-2-16/h5-6,11H,1-4,15H2,(H,17,18). The van der Waals surface area contributed by atoms with Crippen LogP contribution in [0.1, 0.15) is 11.6 Å². The van der Waals surface area contributed by atoms with Crippen LogP contribution in [-0.4, -0.2) is 37.4 Å². The summed E-state index contributed by atoms with van der Waals surface area (Å²) >= 11 is 0. The third-order valence-corrected chi connectivity index (χ3v) is 3.02. The molecule has 7 heteroatoms. The van der Waals surface area contributed by atoms with E-state index in [0.717, 1.165) is 12.1 Å². The topological polar surface area (TPSA) is 75.8 Å². The number of hydrogen-bond acceptors (Lipinski definition) is 4. The van der Waals surface area contributed by atoms with Gasteiger partial charge in [0.05, 0.1) is 13.2 Å². The van der Waals surface area contributed by atoms with E-state index in [1.807, 2.05) is 0 Å². The molecule has 19 heavy (non-hydrogen) atoms. The summed E-state index contributed by atoms with van der Waals surface area (Å²) in [4.78, 5) is 12.7. The van der Waals surface area contributed by atoms with Gasteiger partial charge in [-0.1, -0.05) is 0 Å². The molecule has 0 spiro atoms. The average Bonchev–Trinajstić information content (AvgIpc) is 2.41. The van der Waals surface area contributed by atoms with Crippen molar-refractivity contribution in [1.29, 1.82) is 0 Å². The number of halogens is 2. The van der Waals surface area contributed by atoms with E-state index in [-0.39, 0.29) is 5.56 Å². The number of carbonyl (C=O) groups is 1. The second-order valence-electron chi connectivity index (χ2n) is 4.24. The summed E-state index contributed by atoms with van der Waals surface area (Å²) in [5.74, 6) is -3.42. The van der Waals surface area contributed by atoms with Gasteiger partial charge in [0.2, 0.25) is 0 Å². The van der Waals surface area contributed by atoms with Crippen LogP contribution in [0.2, 0.25) is 0 Å². The van der Waals surface area contributed by atoms with Crippen molar-refractivity contribution >= 4 is 11.7 Å². The summed E-state index contributed by atoms with van der Waals surface area (Å²) in [6.45, 7) is 1.84. The summed E-state index contributed by atoms with van der Waals surface area (Å²) in [7, 11) is 0. The molecule has 0 aliphatic carbocycles. The van der Waals surface area contributed by atoms with E-state index >= 15 is 0 Å². The molecular formula is C12H14F2N2O3. The zero-order chi connectivity index (χ0) is 14.0.